The second kappa shape index (κ2) is 5.41. The van der Waals surface area contributed by atoms with Gasteiger partial charge >= 0.3 is 5.97 Å². The summed E-state index contributed by atoms with van der Waals surface area (Å²) in [6, 6.07) is 2.63. The molecule has 2 N–H and O–H groups in total. The molecule has 112 valence electrons. The minimum Gasteiger partial charge on any atom is -0.477 e. The Hall–Kier alpha value is -2.00. The SMILES string of the molecule is Cc1csc(C(=O)O)c1NS(=O)(=O)c1c(F)cccc1F. The predicted octanol–water partition coefficient (Wildman–Crippen LogP) is 2.83. The molecular formula is C12H9F2NO4S2. The van der Waals surface area contributed by atoms with Crippen molar-refractivity contribution in [3.05, 3.63) is 45.7 Å². The lowest BCUT2D eigenvalue weighted by Crippen LogP contribution is -2.18. The summed E-state index contributed by atoms with van der Waals surface area (Å²) in [5, 5.41) is 10.4. The summed E-state index contributed by atoms with van der Waals surface area (Å²) in [5.41, 5.74) is 0.146. The van der Waals surface area contributed by atoms with Gasteiger partial charge in [-0.3, -0.25) is 4.72 Å². The number of thiophene rings is 1. The third-order valence-electron chi connectivity index (χ3n) is 2.59. The molecule has 1 aromatic heterocycles. The Bertz CT molecular complexity index is 794. The van der Waals surface area contributed by atoms with Crippen molar-refractivity contribution >= 4 is 33.0 Å². The Kier molecular flexibility index (Phi) is 3.97. The predicted molar refractivity (Wildman–Crippen MR) is 73.2 cm³/mol. The molecule has 0 amide bonds. The van der Waals surface area contributed by atoms with Gasteiger partial charge in [0.25, 0.3) is 10.0 Å². The number of rotatable bonds is 4. The molecule has 0 aliphatic heterocycles. The highest BCUT2D eigenvalue weighted by Gasteiger charge is 2.27. The summed E-state index contributed by atoms with van der Waals surface area (Å²) in [6.07, 6.45) is 0. The number of nitrogens with one attached hydrogen (secondary N) is 1. The van der Waals surface area contributed by atoms with E-state index >= 15 is 0 Å². The van der Waals surface area contributed by atoms with Gasteiger partial charge in [0, 0.05) is 0 Å². The molecule has 1 heterocycles. The van der Waals surface area contributed by atoms with Gasteiger partial charge in [-0.1, -0.05) is 6.07 Å². The van der Waals surface area contributed by atoms with Crippen LogP contribution in [0.3, 0.4) is 0 Å². The number of sulfonamides is 1. The molecule has 0 fully saturated rings. The molecular weight excluding hydrogens is 324 g/mol. The quantitative estimate of drug-likeness (QED) is 0.901. The lowest BCUT2D eigenvalue weighted by Gasteiger charge is -2.10. The van der Waals surface area contributed by atoms with E-state index in [0.29, 0.717) is 5.56 Å². The van der Waals surface area contributed by atoms with Gasteiger partial charge in [-0.2, -0.15) is 0 Å². The maximum atomic E-state index is 13.6. The largest absolute Gasteiger partial charge is 0.477 e. The normalized spacial score (nSPS) is 11.4. The summed E-state index contributed by atoms with van der Waals surface area (Å²) in [5.74, 6) is -3.85. The molecule has 2 aromatic rings. The van der Waals surface area contributed by atoms with Crippen LogP contribution in [0.25, 0.3) is 0 Å². The number of carbonyl (C=O) groups is 1. The van der Waals surface area contributed by atoms with Crippen molar-refractivity contribution in [1.82, 2.24) is 0 Å². The maximum Gasteiger partial charge on any atom is 0.348 e. The van der Waals surface area contributed by atoms with Gasteiger partial charge in [-0.25, -0.2) is 22.0 Å². The summed E-state index contributed by atoms with van der Waals surface area (Å²) < 4.78 is 53.2. The molecule has 0 aliphatic carbocycles. The zero-order valence-electron chi connectivity index (χ0n) is 10.6. The molecule has 0 radical (unpaired) electrons. The Morgan fingerprint density at radius 3 is 2.38 bits per heavy atom. The van der Waals surface area contributed by atoms with E-state index < -0.39 is 32.5 Å². The van der Waals surface area contributed by atoms with E-state index in [-0.39, 0.29) is 10.6 Å². The molecule has 1 aromatic carbocycles. The molecule has 0 aliphatic rings. The number of benzene rings is 1. The van der Waals surface area contributed by atoms with Crippen LogP contribution in [-0.2, 0) is 10.0 Å². The molecule has 0 atom stereocenters. The second-order valence-corrected chi connectivity index (χ2v) is 6.58. The van der Waals surface area contributed by atoms with Gasteiger partial charge in [0.15, 0.2) is 4.90 Å². The van der Waals surface area contributed by atoms with E-state index in [0.717, 1.165) is 29.5 Å². The monoisotopic (exact) mass is 333 g/mol. The van der Waals surface area contributed by atoms with Crippen LogP contribution in [0.2, 0.25) is 0 Å². The highest BCUT2D eigenvalue weighted by molar-refractivity contribution is 7.92. The van der Waals surface area contributed by atoms with Crippen LogP contribution in [0.4, 0.5) is 14.5 Å². The highest BCUT2D eigenvalue weighted by atomic mass is 32.2. The minimum absolute atomic E-state index is 0.199. The number of carboxylic acids is 1. The Labute approximate surface area is 122 Å². The molecule has 5 nitrogen and oxygen atoms in total. The van der Waals surface area contributed by atoms with Gasteiger partial charge in [0.05, 0.1) is 5.69 Å². The average molecular weight is 333 g/mol. The van der Waals surface area contributed by atoms with Crippen LogP contribution >= 0.6 is 11.3 Å². The van der Waals surface area contributed by atoms with E-state index in [1.54, 1.807) is 0 Å². The first-order valence-electron chi connectivity index (χ1n) is 5.52. The minimum atomic E-state index is -4.58. The molecule has 0 saturated heterocycles. The number of aryl methyl sites for hydroxylation is 1. The Morgan fingerprint density at radius 1 is 1.29 bits per heavy atom. The van der Waals surface area contributed by atoms with E-state index in [9.17, 15) is 22.0 Å². The van der Waals surface area contributed by atoms with Crippen LogP contribution in [0.1, 0.15) is 15.2 Å². The number of hydrogen-bond acceptors (Lipinski definition) is 4. The summed E-state index contributed by atoms with van der Waals surface area (Å²) >= 11 is 0.815. The third-order valence-corrected chi connectivity index (χ3v) is 5.08. The fraction of sp³-hybridized carbons (Fsp3) is 0.0833. The van der Waals surface area contributed by atoms with Gasteiger partial charge < -0.3 is 5.11 Å². The number of halogens is 2. The maximum absolute atomic E-state index is 13.6. The molecule has 0 saturated carbocycles. The van der Waals surface area contributed by atoms with Crippen LogP contribution < -0.4 is 4.72 Å². The van der Waals surface area contributed by atoms with E-state index in [1.807, 2.05) is 4.72 Å². The van der Waals surface area contributed by atoms with Crippen LogP contribution in [0.15, 0.2) is 28.5 Å². The number of aromatic carboxylic acids is 1. The van der Waals surface area contributed by atoms with Crippen molar-refractivity contribution in [2.75, 3.05) is 4.72 Å². The number of carboxylic acid groups (broad SMARTS) is 1. The van der Waals surface area contributed by atoms with Gasteiger partial charge in [-0.05, 0) is 30.0 Å². The van der Waals surface area contributed by atoms with Crippen molar-refractivity contribution < 1.29 is 27.1 Å². The Balaban J connectivity index is 2.53. The van der Waals surface area contributed by atoms with Gasteiger partial charge in [-0.15, -0.1) is 11.3 Å². The molecule has 0 bridgehead atoms. The fourth-order valence-corrected chi connectivity index (χ4v) is 3.84. The zero-order chi connectivity index (χ0) is 15.8. The van der Waals surface area contributed by atoms with E-state index in [4.69, 9.17) is 5.11 Å². The molecule has 2 rings (SSSR count). The molecule has 9 heteroatoms. The topological polar surface area (TPSA) is 83.5 Å². The van der Waals surface area contributed by atoms with Crippen LogP contribution in [0, 0.1) is 18.6 Å². The molecule has 0 unspecified atom stereocenters. The van der Waals surface area contributed by atoms with Crippen molar-refractivity contribution in [1.29, 1.82) is 0 Å². The standard InChI is InChI=1S/C12H9F2NO4S2/c1-6-5-20-10(12(16)17)9(6)15-21(18,19)11-7(13)3-2-4-8(11)14/h2-5,15H,1H3,(H,16,17). The highest BCUT2D eigenvalue weighted by Crippen LogP contribution is 2.30. The summed E-state index contributed by atoms with van der Waals surface area (Å²) in [4.78, 5) is 9.62. The van der Waals surface area contributed by atoms with Crippen molar-refractivity contribution in [2.24, 2.45) is 0 Å². The lowest BCUT2D eigenvalue weighted by molar-refractivity contribution is 0.0703. The summed E-state index contributed by atoms with van der Waals surface area (Å²) in [7, 11) is -4.58. The zero-order valence-corrected chi connectivity index (χ0v) is 12.2. The molecule has 0 spiro atoms. The number of hydrogen-bond donors (Lipinski definition) is 2. The average Bonchev–Trinajstić information content (AvgIpc) is 2.70. The first kappa shape index (κ1) is 15.4. The second-order valence-electron chi connectivity index (χ2n) is 4.08. The van der Waals surface area contributed by atoms with Crippen LogP contribution in [0.5, 0.6) is 0 Å². The van der Waals surface area contributed by atoms with E-state index in [1.165, 1.54) is 12.3 Å². The van der Waals surface area contributed by atoms with Crippen LogP contribution in [-0.4, -0.2) is 19.5 Å². The first-order chi connectivity index (χ1) is 9.74. The number of anilines is 1. The smallest absolute Gasteiger partial charge is 0.348 e. The van der Waals surface area contributed by atoms with Crippen molar-refractivity contribution in [3.8, 4) is 0 Å². The summed E-state index contributed by atoms with van der Waals surface area (Å²) in [6.45, 7) is 1.48. The molecule has 21 heavy (non-hydrogen) atoms. The van der Waals surface area contributed by atoms with Gasteiger partial charge in [0.2, 0.25) is 0 Å². The third kappa shape index (κ3) is 2.88. The Morgan fingerprint density at radius 2 is 1.86 bits per heavy atom. The first-order valence-corrected chi connectivity index (χ1v) is 7.88. The fourth-order valence-electron chi connectivity index (χ4n) is 1.65. The van der Waals surface area contributed by atoms with Gasteiger partial charge in [0.1, 0.15) is 16.5 Å². The van der Waals surface area contributed by atoms with E-state index in [2.05, 4.69) is 0 Å². The lowest BCUT2D eigenvalue weighted by atomic mass is 10.3. The van der Waals surface area contributed by atoms with Crippen molar-refractivity contribution in [2.45, 2.75) is 11.8 Å². The van der Waals surface area contributed by atoms with Crippen molar-refractivity contribution in [3.63, 3.8) is 0 Å².